The minimum atomic E-state index is -3.63. The molecule has 1 atom stereocenters. The Balaban J connectivity index is 2.94. The summed E-state index contributed by atoms with van der Waals surface area (Å²) in [5, 5.41) is 2.72. The molecule has 0 bridgehead atoms. The van der Waals surface area contributed by atoms with Gasteiger partial charge in [0.2, 0.25) is 10.0 Å². The Hall–Kier alpha value is -1.16. The molecule has 0 aliphatic heterocycles. The van der Waals surface area contributed by atoms with E-state index in [9.17, 15) is 13.2 Å². The van der Waals surface area contributed by atoms with Crippen molar-refractivity contribution in [2.75, 3.05) is 27.2 Å². The van der Waals surface area contributed by atoms with E-state index in [-0.39, 0.29) is 4.90 Å². The molecule has 0 saturated heterocycles. The van der Waals surface area contributed by atoms with E-state index in [1.807, 2.05) is 19.0 Å². The van der Waals surface area contributed by atoms with Crippen LogP contribution < -0.4 is 10.0 Å². The maximum atomic E-state index is 12.5. The fourth-order valence-corrected chi connectivity index (χ4v) is 3.72. The maximum Gasteiger partial charge on any atom is 0.408 e. The van der Waals surface area contributed by atoms with E-state index in [0.29, 0.717) is 23.1 Å². The molecule has 0 aliphatic rings. The average molecular weight is 450 g/mol. The SMILES string of the molecule is C[C@@H](NC(=O)OC(C)(C)C)c1cc(S(=O)(=O)NCCN(C)C)ccc1Br. The average Bonchev–Trinajstić information content (AvgIpc) is 2.44. The number of rotatable bonds is 7. The Bertz CT molecular complexity index is 730. The molecule has 0 saturated carbocycles. The van der Waals surface area contributed by atoms with Crippen molar-refractivity contribution in [3.8, 4) is 0 Å². The lowest BCUT2D eigenvalue weighted by molar-refractivity contribution is 0.0507. The summed E-state index contributed by atoms with van der Waals surface area (Å²) in [7, 11) is 0.115. The highest BCUT2D eigenvalue weighted by atomic mass is 79.9. The summed E-state index contributed by atoms with van der Waals surface area (Å²) < 4.78 is 33.4. The van der Waals surface area contributed by atoms with Gasteiger partial charge in [-0.1, -0.05) is 15.9 Å². The van der Waals surface area contributed by atoms with Gasteiger partial charge in [-0.3, -0.25) is 0 Å². The molecule has 148 valence electrons. The van der Waals surface area contributed by atoms with Gasteiger partial charge in [-0.15, -0.1) is 0 Å². The van der Waals surface area contributed by atoms with Crippen LogP contribution in [0.1, 0.15) is 39.3 Å². The lowest BCUT2D eigenvalue weighted by atomic mass is 10.1. The van der Waals surface area contributed by atoms with Gasteiger partial charge in [-0.2, -0.15) is 0 Å². The van der Waals surface area contributed by atoms with E-state index in [4.69, 9.17) is 4.74 Å². The molecule has 1 rings (SSSR count). The number of ether oxygens (including phenoxy) is 1. The van der Waals surface area contributed by atoms with Crippen LogP contribution in [0.5, 0.6) is 0 Å². The zero-order valence-electron chi connectivity index (χ0n) is 16.1. The van der Waals surface area contributed by atoms with Crippen LogP contribution in [-0.2, 0) is 14.8 Å². The van der Waals surface area contributed by atoms with Crippen LogP contribution in [0.25, 0.3) is 0 Å². The number of alkyl carbamates (subject to hydrolysis) is 1. The van der Waals surface area contributed by atoms with Crippen molar-refractivity contribution in [1.82, 2.24) is 14.9 Å². The van der Waals surface area contributed by atoms with Crippen LogP contribution in [0.2, 0.25) is 0 Å². The summed E-state index contributed by atoms with van der Waals surface area (Å²) in [5.41, 5.74) is 0.0362. The van der Waals surface area contributed by atoms with Crippen LogP contribution in [0.4, 0.5) is 4.79 Å². The second-order valence-corrected chi connectivity index (χ2v) is 9.87. The van der Waals surface area contributed by atoms with Gasteiger partial charge in [0.15, 0.2) is 0 Å². The van der Waals surface area contributed by atoms with E-state index in [2.05, 4.69) is 26.0 Å². The Kier molecular flexibility index (Phi) is 8.06. The smallest absolute Gasteiger partial charge is 0.408 e. The summed E-state index contributed by atoms with van der Waals surface area (Å²) >= 11 is 3.41. The first-order valence-corrected chi connectivity index (χ1v) is 10.5. The molecule has 1 amide bonds. The van der Waals surface area contributed by atoms with Crippen LogP contribution in [0.15, 0.2) is 27.6 Å². The number of nitrogens with zero attached hydrogens (tertiary/aromatic N) is 1. The predicted molar refractivity (Wildman–Crippen MR) is 106 cm³/mol. The third kappa shape index (κ3) is 7.61. The maximum absolute atomic E-state index is 12.5. The van der Waals surface area contributed by atoms with Crippen LogP contribution in [0, 0.1) is 0 Å². The first kappa shape index (κ1) is 22.9. The summed E-state index contributed by atoms with van der Waals surface area (Å²) in [6, 6.07) is 4.29. The number of hydrogen-bond acceptors (Lipinski definition) is 5. The number of nitrogens with one attached hydrogen (secondary N) is 2. The molecular formula is C17H28BrN3O4S. The van der Waals surface area contributed by atoms with Crippen LogP contribution in [-0.4, -0.2) is 52.2 Å². The van der Waals surface area contributed by atoms with E-state index < -0.39 is 27.8 Å². The van der Waals surface area contributed by atoms with Crippen molar-refractivity contribution in [3.63, 3.8) is 0 Å². The molecule has 1 aromatic rings. The zero-order valence-corrected chi connectivity index (χ0v) is 18.5. The normalized spacial score (nSPS) is 13.5. The standard InChI is InChI=1S/C17H28BrN3O4S/c1-12(20-16(22)25-17(2,3)4)14-11-13(7-8-15(14)18)26(23,24)19-9-10-21(5)6/h7-8,11-12,19H,9-10H2,1-6H3,(H,20,22)/t12-/m1/s1. The van der Waals surface area contributed by atoms with E-state index in [0.717, 1.165) is 0 Å². The molecular weight excluding hydrogens is 422 g/mol. The number of likely N-dealkylation sites (N-methyl/N-ethyl adjacent to an activating group) is 1. The first-order chi connectivity index (χ1) is 11.8. The van der Waals surface area contributed by atoms with Gasteiger partial charge in [-0.05, 0) is 65.6 Å². The molecule has 0 unspecified atom stereocenters. The van der Waals surface area contributed by atoms with Gasteiger partial charge in [0.05, 0.1) is 10.9 Å². The fraction of sp³-hybridized carbons (Fsp3) is 0.588. The lowest BCUT2D eigenvalue weighted by Crippen LogP contribution is -2.34. The van der Waals surface area contributed by atoms with Gasteiger partial charge in [0.1, 0.15) is 5.60 Å². The van der Waals surface area contributed by atoms with Gasteiger partial charge in [0, 0.05) is 17.6 Å². The molecule has 9 heteroatoms. The zero-order chi connectivity index (χ0) is 20.1. The number of amides is 1. The van der Waals surface area contributed by atoms with E-state index >= 15 is 0 Å². The van der Waals surface area contributed by atoms with Gasteiger partial charge in [0.25, 0.3) is 0 Å². The summed E-state index contributed by atoms with van der Waals surface area (Å²) in [6.07, 6.45) is -0.561. The number of carbonyl (C=O) groups excluding carboxylic acids is 1. The predicted octanol–water partition coefficient (Wildman–Crippen LogP) is 2.87. The fourth-order valence-electron chi connectivity index (χ4n) is 2.07. The highest BCUT2D eigenvalue weighted by Gasteiger charge is 2.21. The third-order valence-corrected chi connectivity index (χ3v) is 5.51. The number of hydrogen-bond donors (Lipinski definition) is 2. The highest BCUT2D eigenvalue weighted by molar-refractivity contribution is 9.10. The molecule has 2 N–H and O–H groups in total. The number of benzene rings is 1. The Labute approximate surface area is 164 Å². The lowest BCUT2D eigenvalue weighted by Gasteiger charge is -2.22. The summed E-state index contributed by atoms with van der Waals surface area (Å²) in [4.78, 5) is 14.0. The molecule has 7 nitrogen and oxygen atoms in total. The van der Waals surface area contributed by atoms with Crippen molar-refractivity contribution in [1.29, 1.82) is 0 Å². The van der Waals surface area contributed by atoms with E-state index in [1.54, 1.807) is 39.8 Å². The quantitative estimate of drug-likeness (QED) is 0.667. The molecule has 0 fully saturated rings. The molecule has 0 aromatic heterocycles. The molecule has 0 radical (unpaired) electrons. The minimum absolute atomic E-state index is 0.146. The molecule has 0 aliphatic carbocycles. The van der Waals surface area contributed by atoms with Gasteiger partial charge < -0.3 is 15.0 Å². The third-order valence-electron chi connectivity index (χ3n) is 3.33. The topological polar surface area (TPSA) is 87.7 Å². The van der Waals surface area contributed by atoms with Gasteiger partial charge in [-0.25, -0.2) is 17.9 Å². The van der Waals surface area contributed by atoms with Crippen molar-refractivity contribution in [2.45, 2.75) is 44.2 Å². The second-order valence-electron chi connectivity index (χ2n) is 7.25. The largest absolute Gasteiger partial charge is 0.444 e. The van der Waals surface area contributed by atoms with Crippen molar-refractivity contribution >= 4 is 32.0 Å². The minimum Gasteiger partial charge on any atom is -0.444 e. The van der Waals surface area contributed by atoms with Crippen LogP contribution >= 0.6 is 15.9 Å². The molecule has 0 heterocycles. The monoisotopic (exact) mass is 449 g/mol. The summed E-state index contributed by atoms with van der Waals surface area (Å²) in [6.45, 7) is 8.00. The second kappa shape index (κ2) is 9.16. The summed E-state index contributed by atoms with van der Waals surface area (Å²) in [5.74, 6) is 0. The Morgan fingerprint density at radius 3 is 2.46 bits per heavy atom. The molecule has 0 spiro atoms. The van der Waals surface area contributed by atoms with Crippen molar-refractivity contribution in [2.24, 2.45) is 0 Å². The van der Waals surface area contributed by atoms with Crippen LogP contribution in [0.3, 0.4) is 0 Å². The number of halogens is 1. The molecule has 1 aromatic carbocycles. The number of sulfonamides is 1. The Morgan fingerprint density at radius 2 is 1.92 bits per heavy atom. The van der Waals surface area contributed by atoms with Gasteiger partial charge >= 0.3 is 6.09 Å². The molecule has 26 heavy (non-hydrogen) atoms. The Morgan fingerprint density at radius 1 is 1.31 bits per heavy atom. The first-order valence-electron chi connectivity index (χ1n) is 8.25. The van der Waals surface area contributed by atoms with Crippen molar-refractivity contribution < 1.29 is 17.9 Å². The number of carbonyl (C=O) groups is 1. The van der Waals surface area contributed by atoms with Crippen molar-refractivity contribution in [3.05, 3.63) is 28.2 Å². The highest BCUT2D eigenvalue weighted by Crippen LogP contribution is 2.26. The van der Waals surface area contributed by atoms with E-state index in [1.165, 1.54) is 6.07 Å².